The van der Waals surface area contributed by atoms with E-state index in [9.17, 15) is 4.79 Å². The molecule has 0 unspecified atom stereocenters. The molecule has 1 amide bonds. The Hall–Kier alpha value is -4.17. The average Bonchev–Trinajstić information content (AvgIpc) is 3.27. The predicted octanol–water partition coefficient (Wildman–Crippen LogP) is 4.83. The number of nitrogens with zero attached hydrogens (tertiary/aromatic N) is 4. The zero-order valence-electron chi connectivity index (χ0n) is 17.8. The fourth-order valence-electron chi connectivity index (χ4n) is 3.56. The van der Waals surface area contributed by atoms with E-state index in [1.54, 1.807) is 24.5 Å². The van der Waals surface area contributed by atoms with E-state index in [0.717, 1.165) is 49.3 Å². The number of hydrogen-bond acceptors (Lipinski definition) is 7. The van der Waals surface area contributed by atoms with Gasteiger partial charge in [-0.2, -0.15) is 0 Å². The standard InChI is InChI=1S/C25H20N6OS/c1-15-4-2-7-20(30-15)23-22(17-8-9-19-21(13-17)28-11-10-27-19)31-25(33-23)29-14-16-5-3-6-18(12-16)24(26)32/h2-13H,14H2,1H3,(H2,26,32)(H,29,31). The Morgan fingerprint density at radius 3 is 2.61 bits per heavy atom. The molecule has 2 aromatic carbocycles. The van der Waals surface area contributed by atoms with Gasteiger partial charge in [-0.05, 0) is 48.9 Å². The molecule has 0 saturated heterocycles. The first-order valence-electron chi connectivity index (χ1n) is 10.4. The molecule has 3 heterocycles. The van der Waals surface area contributed by atoms with Crippen molar-refractivity contribution in [3.05, 3.63) is 89.9 Å². The van der Waals surface area contributed by atoms with Gasteiger partial charge >= 0.3 is 0 Å². The van der Waals surface area contributed by atoms with Crippen LogP contribution in [0.1, 0.15) is 21.6 Å². The van der Waals surface area contributed by atoms with Gasteiger partial charge in [-0.1, -0.05) is 35.6 Å². The number of pyridine rings is 1. The van der Waals surface area contributed by atoms with E-state index in [1.807, 2.05) is 55.5 Å². The number of carbonyl (C=O) groups excluding carboxylic acids is 1. The third kappa shape index (κ3) is 4.42. The Morgan fingerprint density at radius 1 is 0.970 bits per heavy atom. The van der Waals surface area contributed by atoms with Gasteiger partial charge in [0.1, 0.15) is 0 Å². The normalized spacial score (nSPS) is 10.9. The lowest BCUT2D eigenvalue weighted by Gasteiger charge is -2.04. The smallest absolute Gasteiger partial charge is 0.248 e. The van der Waals surface area contributed by atoms with Crippen LogP contribution in [0.5, 0.6) is 0 Å². The number of thiazole rings is 1. The van der Waals surface area contributed by atoms with Crippen LogP contribution in [-0.2, 0) is 6.54 Å². The maximum Gasteiger partial charge on any atom is 0.248 e. The summed E-state index contributed by atoms with van der Waals surface area (Å²) in [7, 11) is 0. The maximum absolute atomic E-state index is 11.5. The molecule has 3 aromatic heterocycles. The van der Waals surface area contributed by atoms with Crippen LogP contribution in [-0.4, -0.2) is 25.8 Å². The van der Waals surface area contributed by atoms with Crippen LogP contribution in [0.3, 0.4) is 0 Å². The van der Waals surface area contributed by atoms with Gasteiger partial charge < -0.3 is 11.1 Å². The number of hydrogen-bond donors (Lipinski definition) is 2. The minimum absolute atomic E-state index is 0.444. The van der Waals surface area contributed by atoms with E-state index >= 15 is 0 Å². The van der Waals surface area contributed by atoms with Crippen LogP contribution in [0.25, 0.3) is 32.9 Å². The second-order valence-electron chi connectivity index (χ2n) is 7.54. The minimum atomic E-state index is -0.444. The average molecular weight is 453 g/mol. The van der Waals surface area contributed by atoms with Gasteiger partial charge in [0.2, 0.25) is 5.91 Å². The number of aryl methyl sites for hydroxylation is 1. The number of rotatable bonds is 6. The predicted molar refractivity (Wildman–Crippen MR) is 131 cm³/mol. The maximum atomic E-state index is 11.5. The molecule has 0 radical (unpaired) electrons. The first-order chi connectivity index (χ1) is 16.1. The topological polar surface area (TPSA) is 107 Å². The molecule has 0 fully saturated rings. The summed E-state index contributed by atoms with van der Waals surface area (Å²) < 4.78 is 0. The molecular weight excluding hydrogens is 432 g/mol. The number of carbonyl (C=O) groups is 1. The van der Waals surface area contributed by atoms with Crippen molar-refractivity contribution >= 4 is 33.4 Å². The Bertz CT molecular complexity index is 1480. The van der Waals surface area contributed by atoms with Crippen LogP contribution in [0, 0.1) is 6.92 Å². The Labute approximate surface area is 194 Å². The van der Waals surface area contributed by atoms with E-state index in [-0.39, 0.29) is 0 Å². The van der Waals surface area contributed by atoms with E-state index in [0.29, 0.717) is 12.1 Å². The van der Waals surface area contributed by atoms with Crippen LogP contribution < -0.4 is 11.1 Å². The number of benzene rings is 2. The highest BCUT2D eigenvalue weighted by Gasteiger charge is 2.17. The molecule has 7 nitrogen and oxygen atoms in total. The van der Waals surface area contributed by atoms with Crippen LogP contribution in [0.4, 0.5) is 5.13 Å². The quantitative estimate of drug-likeness (QED) is 0.382. The van der Waals surface area contributed by atoms with Crippen molar-refractivity contribution in [2.24, 2.45) is 5.73 Å². The lowest BCUT2D eigenvalue weighted by Crippen LogP contribution is -2.11. The summed E-state index contributed by atoms with van der Waals surface area (Å²) in [6.45, 7) is 2.48. The van der Waals surface area contributed by atoms with E-state index < -0.39 is 5.91 Å². The highest BCUT2D eigenvalue weighted by Crippen LogP contribution is 2.39. The van der Waals surface area contributed by atoms with Crippen molar-refractivity contribution in [3.63, 3.8) is 0 Å². The largest absolute Gasteiger partial charge is 0.366 e. The van der Waals surface area contributed by atoms with Crippen molar-refractivity contribution < 1.29 is 4.79 Å². The van der Waals surface area contributed by atoms with E-state index in [1.165, 1.54) is 11.3 Å². The van der Waals surface area contributed by atoms with Crippen molar-refractivity contribution in [1.29, 1.82) is 0 Å². The lowest BCUT2D eigenvalue weighted by atomic mass is 10.1. The Kier molecular flexibility index (Phi) is 5.50. The molecule has 0 bridgehead atoms. The summed E-state index contributed by atoms with van der Waals surface area (Å²) in [6.07, 6.45) is 3.37. The summed E-state index contributed by atoms with van der Waals surface area (Å²) >= 11 is 1.54. The Morgan fingerprint density at radius 2 is 1.79 bits per heavy atom. The highest BCUT2D eigenvalue weighted by molar-refractivity contribution is 7.19. The van der Waals surface area contributed by atoms with Gasteiger partial charge in [-0.3, -0.25) is 19.7 Å². The first kappa shape index (κ1) is 20.7. The van der Waals surface area contributed by atoms with Gasteiger partial charge in [0.05, 0.1) is 27.3 Å². The summed E-state index contributed by atoms with van der Waals surface area (Å²) in [6, 6.07) is 19.2. The SMILES string of the molecule is Cc1cccc(-c2sc(NCc3cccc(C(N)=O)c3)nc2-c2ccc3nccnc3c2)n1. The van der Waals surface area contributed by atoms with E-state index in [4.69, 9.17) is 15.7 Å². The number of primary amides is 1. The molecule has 8 heteroatoms. The van der Waals surface area contributed by atoms with Gasteiger partial charge in [-0.15, -0.1) is 0 Å². The summed E-state index contributed by atoms with van der Waals surface area (Å²) in [5.74, 6) is -0.444. The molecule has 162 valence electrons. The van der Waals surface area contributed by atoms with Gasteiger partial charge in [0, 0.05) is 35.8 Å². The van der Waals surface area contributed by atoms with Crippen molar-refractivity contribution in [2.45, 2.75) is 13.5 Å². The summed E-state index contributed by atoms with van der Waals surface area (Å²) in [4.78, 5) is 30.9. The van der Waals surface area contributed by atoms with Crippen molar-refractivity contribution in [1.82, 2.24) is 19.9 Å². The third-order valence-corrected chi connectivity index (χ3v) is 6.18. The Balaban J connectivity index is 1.53. The molecule has 5 aromatic rings. The molecule has 5 rings (SSSR count). The van der Waals surface area contributed by atoms with Crippen molar-refractivity contribution in [3.8, 4) is 21.8 Å². The van der Waals surface area contributed by atoms with Gasteiger partial charge in [0.25, 0.3) is 0 Å². The third-order valence-electron chi connectivity index (χ3n) is 5.15. The van der Waals surface area contributed by atoms with Gasteiger partial charge in [-0.25, -0.2) is 4.98 Å². The van der Waals surface area contributed by atoms with E-state index in [2.05, 4.69) is 15.3 Å². The minimum Gasteiger partial charge on any atom is -0.366 e. The molecule has 0 aliphatic heterocycles. The second kappa shape index (κ2) is 8.76. The second-order valence-corrected chi connectivity index (χ2v) is 8.54. The molecule has 0 spiro atoms. The number of amides is 1. The molecule has 33 heavy (non-hydrogen) atoms. The molecular formula is C25H20N6OS. The number of anilines is 1. The highest BCUT2D eigenvalue weighted by atomic mass is 32.1. The number of nitrogens with one attached hydrogen (secondary N) is 1. The molecule has 0 aliphatic carbocycles. The fraction of sp³-hybridized carbons (Fsp3) is 0.0800. The van der Waals surface area contributed by atoms with Crippen LogP contribution in [0.2, 0.25) is 0 Å². The number of fused-ring (bicyclic) bond motifs is 1. The summed E-state index contributed by atoms with van der Waals surface area (Å²) in [5.41, 5.74) is 12.1. The zero-order valence-corrected chi connectivity index (χ0v) is 18.6. The van der Waals surface area contributed by atoms with Crippen LogP contribution >= 0.6 is 11.3 Å². The number of nitrogens with two attached hydrogens (primary N) is 1. The van der Waals surface area contributed by atoms with Gasteiger partial charge in [0.15, 0.2) is 5.13 Å². The molecule has 3 N–H and O–H groups in total. The molecule has 0 atom stereocenters. The zero-order chi connectivity index (χ0) is 22.8. The molecule has 0 saturated carbocycles. The first-order valence-corrected chi connectivity index (χ1v) is 11.2. The fourth-order valence-corrected chi connectivity index (χ4v) is 4.51. The molecule has 0 aliphatic rings. The van der Waals surface area contributed by atoms with Crippen LogP contribution in [0.15, 0.2) is 73.1 Å². The lowest BCUT2D eigenvalue weighted by molar-refractivity contribution is 0.1000. The van der Waals surface area contributed by atoms with Crippen molar-refractivity contribution in [2.75, 3.05) is 5.32 Å². The number of aromatic nitrogens is 4. The summed E-state index contributed by atoms with van der Waals surface area (Å²) in [5, 5.41) is 4.14. The monoisotopic (exact) mass is 452 g/mol.